The predicted molar refractivity (Wildman–Crippen MR) is 71.9 cm³/mol. The summed E-state index contributed by atoms with van der Waals surface area (Å²) in [5.41, 5.74) is 5.41. The van der Waals surface area contributed by atoms with Crippen molar-refractivity contribution < 1.29 is 0 Å². The molecule has 3 heteroatoms. The minimum absolute atomic E-state index is 0.303. The van der Waals surface area contributed by atoms with Gasteiger partial charge in [0.2, 0.25) is 0 Å². The molecule has 0 heterocycles. The topological polar surface area (TPSA) is 53.1 Å². The van der Waals surface area contributed by atoms with Crippen LogP contribution in [-0.4, -0.2) is 30.4 Å². The second kappa shape index (κ2) is 8.57. The molecule has 0 saturated heterocycles. The van der Waals surface area contributed by atoms with E-state index in [1.807, 2.05) is 0 Å². The molecule has 0 aromatic heterocycles. The van der Waals surface area contributed by atoms with Gasteiger partial charge in [0.15, 0.2) is 0 Å². The molecule has 0 spiro atoms. The first kappa shape index (κ1) is 15.4. The highest BCUT2D eigenvalue weighted by Crippen LogP contribution is 2.07. The fourth-order valence-corrected chi connectivity index (χ4v) is 1.81. The molecule has 16 heavy (non-hydrogen) atoms. The minimum atomic E-state index is 0.303. The van der Waals surface area contributed by atoms with Crippen molar-refractivity contribution in [2.24, 2.45) is 17.6 Å². The maximum atomic E-state index is 7.27. The van der Waals surface area contributed by atoms with E-state index >= 15 is 0 Å². The molecular weight excluding hydrogens is 198 g/mol. The van der Waals surface area contributed by atoms with E-state index in [0.717, 1.165) is 25.6 Å². The highest BCUT2D eigenvalue weighted by Gasteiger charge is 2.07. The van der Waals surface area contributed by atoms with E-state index in [1.165, 1.54) is 12.8 Å². The molecule has 0 bridgehead atoms. The van der Waals surface area contributed by atoms with Crippen molar-refractivity contribution in [1.29, 1.82) is 5.41 Å². The number of nitrogens with two attached hydrogens (primary N) is 1. The third-order valence-corrected chi connectivity index (χ3v) is 2.58. The van der Waals surface area contributed by atoms with Crippen LogP contribution in [0.15, 0.2) is 0 Å². The molecule has 0 saturated carbocycles. The van der Waals surface area contributed by atoms with E-state index in [-0.39, 0.29) is 0 Å². The summed E-state index contributed by atoms with van der Waals surface area (Å²) in [5, 5.41) is 7.27. The number of nitrogens with zero attached hydrogens (tertiary/aromatic N) is 1. The lowest BCUT2D eigenvalue weighted by Crippen LogP contribution is -2.32. The SMILES string of the molecule is CC(C)CCCN(CCC(=N)N)CC(C)C. The molecule has 0 rings (SSSR count). The lowest BCUT2D eigenvalue weighted by atomic mass is 10.1. The average molecular weight is 227 g/mol. The van der Waals surface area contributed by atoms with Gasteiger partial charge in [0.05, 0.1) is 5.84 Å². The molecule has 0 aliphatic rings. The summed E-state index contributed by atoms with van der Waals surface area (Å²) in [5.74, 6) is 1.78. The zero-order valence-electron chi connectivity index (χ0n) is 11.4. The fourth-order valence-electron chi connectivity index (χ4n) is 1.81. The monoisotopic (exact) mass is 227 g/mol. The molecular formula is C13H29N3. The van der Waals surface area contributed by atoms with E-state index in [4.69, 9.17) is 11.1 Å². The van der Waals surface area contributed by atoms with Crippen LogP contribution in [0.2, 0.25) is 0 Å². The van der Waals surface area contributed by atoms with Crippen molar-refractivity contribution in [1.82, 2.24) is 4.90 Å². The predicted octanol–water partition coefficient (Wildman–Crippen LogP) is 2.71. The fraction of sp³-hybridized carbons (Fsp3) is 0.923. The highest BCUT2D eigenvalue weighted by molar-refractivity contribution is 5.76. The van der Waals surface area contributed by atoms with Crippen LogP contribution in [0.25, 0.3) is 0 Å². The summed E-state index contributed by atoms with van der Waals surface area (Å²) >= 11 is 0. The van der Waals surface area contributed by atoms with Crippen LogP contribution in [-0.2, 0) is 0 Å². The molecule has 0 aromatic carbocycles. The standard InChI is InChI=1S/C13H29N3/c1-11(2)6-5-8-16(10-12(3)4)9-7-13(14)15/h11-12H,5-10H2,1-4H3,(H3,14,15). The van der Waals surface area contributed by atoms with Gasteiger partial charge in [-0.2, -0.15) is 0 Å². The Kier molecular flexibility index (Phi) is 8.26. The van der Waals surface area contributed by atoms with Crippen LogP contribution in [0.5, 0.6) is 0 Å². The molecule has 3 N–H and O–H groups in total. The molecule has 0 aliphatic heterocycles. The first-order valence-corrected chi connectivity index (χ1v) is 6.47. The van der Waals surface area contributed by atoms with Gasteiger partial charge in [-0.05, 0) is 31.2 Å². The van der Waals surface area contributed by atoms with Crippen LogP contribution >= 0.6 is 0 Å². The van der Waals surface area contributed by atoms with Crippen LogP contribution in [0.1, 0.15) is 47.0 Å². The lowest BCUT2D eigenvalue weighted by molar-refractivity contribution is 0.242. The smallest absolute Gasteiger partial charge is 0.0918 e. The normalized spacial score (nSPS) is 11.7. The third-order valence-electron chi connectivity index (χ3n) is 2.58. The Bertz CT molecular complexity index is 188. The third kappa shape index (κ3) is 9.97. The summed E-state index contributed by atoms with van der Waals surface area (Å²) in [6.07, 6.45) is 3.24. The van der Waals surface area contributed by atoms with Gasteiger partial charge in [0, 0.05) is 19.5 Å². The molecule has 96 valence electrons. The zero-order chi connectivity index (χ0) is 12.6. The van der Waals surface area contributed by atoms with Gasteiger partial charge in [-0.3, -0.25) is 5.41 Å². The Morgan fingerprint density at radius 1 is 1.12 bits per heavy atom. The number of nitrogens with one attached hydrogen (secondary N) is 1. The van der Waals surface area contributed by atoms with Crippen molar-refractivity contribution in [2.75, 3.05) is 19.6 Å². The second-order valence-corrected chi connectivity index (χ2v) is 5.51. The summed E-state index contributed by atoms with van der Waals surface area (Å²) in [7, 11) is 0. The average Bonchev–Trinajstić information content (AvgIpc) is 2.12. The molecule has 0 atom stereocenters. The molecule has 0 aliphatic carbocycles. The van der Waals surface area contributed by atoms with Gasteiger partial charge in [-0.15, -0.1) is 0 Å². The van der Waals surface area contributed by atoms with E-state index in [2.05, 4.69) is 32.6 Å². The summed E-state index contributed by atoms with van der Waals surface area (Å²) in [6.45, 7) is 12.2. The molecule has 0 radical (unpaired) electrons. The first-order valence-electron chi connectivity index (χ1n) is 6.47. The Hall–Kier alpha value is -0.570. The largest absolute Gasteiger partial charge is 0.388 e. The number of hydrogen-bond acceptors (Lipinski definition) is 2. The first-order chi connectivity index (χ1) is 7.41. The van der Waals surface area contributed by atoms with Gasteiger partial charge in [-0.1, -0.05) is 27.7 Å². The molecule has 0 fully saturated rings. The van der Waals surface area contributed by atoms with Crippen LogP contribution in [0, 0.1) is 17.2 Å². The quantitative estimate of drug-likeness (QED) is 0.470. The van der Waals surface area contributed by atoms with E-state index in [9.17, 15) is 0 Å². The van der Waals surface area contributed by atoms with Gasteiger partial charge in [0.25, 0.3) is 0 Å². The van der Waals surface area contributed by atoms with E-state index in [0.29, 0.717) is 18.2 Å². The van der Waals surface area contributed by atoms with E-state index < -0.39 is 0 Å². The summed E-state index contributed by atoms with van der Waals surface area (Å²) < 4.78 is 0. The number of hydrogen-bond donors (Lipinski definition) is 2. The summed E-state index contributed by atoms with van der Waals surface area (Å²) in [4.78, 5) is 2.44. The second-order valence-electron chi connectivity index (χ2n) is 5.51. The molecule has 3 nitrogen and oxygen atoms in total. The van der Waals surface area contributed by atoms with Crippen molar-refractivity contribution in [3.8, 4) is 0 Å². The maximum Gasteiger partial charge on any atom is 0.0918 e. The molecule has 0 aromatic rings. The number of rotatable bonds is 9. The highest BCUT2D eigenvalue weighted by atomic mass is 15.1. The Morgan fingerprint density at radius 2 is 1.75 bits per heavy atom. The van der Waals surface area contributed by atoms with Crippen molar-refractivity contribution in [3.63, 3.8) is 0 Å². The van der Waals surface area contributed by atoms with Gasteiger partial charge < -0.3 is 10.6 Å². The van der Waals surface area contributed by atoms with Gasteiger partial charge in [-0.25, -0.2) is 0 Å². The van der Waals surface area contributed by atoms with Crippen molar-refractivity contribution in [3.05, 3.63) is 0 Å². The Balaban J connectivity index is 3.85. The van der Waals surface area contributed by atoms with Crippen LogP contribution < -0.4 is 5.73 Å². The molecule has 0 unspecified atom stereocenters. The Labute approximate surface area is 101 Å². The minimum Gasteiger partial charge on any atom is -0.388 e. The van der Waals surface area contributed by atoms with Crippen LogP contribution in [0.4, 0.5) is 0 Å². The summed E-state index contributed by atoms with van der Waals surface area (Å²) in [6, 6.07) is 0. The Morgan fingerprint density at radius 3 is 2.19 bits per heavy atom. The maximum absolute atomic E-state index is 7.27. The molecule has 0 amide bonds. The van der Waals surface area contributed by atoms with Crippen molar-refractivity contribution >= 4 is 5.84 Å². The number of amidine groups is 1. The zero-order valence-corrected chi connectivity index (χ0v) is 11.4. The van der Waals surface area contributed by atoms with Crippen LogP contribution in [0.3, 0.4) is 0 Å². The van der Waals surface area contributed by atoms with Gasteiger partial charge in [0.1, 0.15) is 0 Å². The van der Waals surface area contributed by atoms with Gasteiger partial charge >= 0.3 is 0 Å². The van der Waals surface area contributed by atoms with Crippen molar-refractivity contribution in [2.45, 2.75) is 47.0 Å². The van der Waals surface area contributed by atoms with E-state index in [1.54, 1.807) is 0 Å². The lowest BCUT2D eigenvalue weighted by Gasteiger charge is -2.24.